The van der Waals surface area contributed by atoms with Crippen molar-refractivity contribution >= 4 is 11.8 Å². The van der Waals surface area contributed by atoms with Gasteiger partial charge in [-0.2, -0.15) is 4.98 Å². The molecule has 2 atom stereocenters. The summed E-state index contributed by atoms with van der Waals surface area (Å²) in [5.74, 6) is 0. The Hall–Kier alpha value is -0.850. The van der Waals surface area contributed by atoms with Gasteiger partial charge in [0.1, 0.15) is 6.23 Å². The number of nitrogens with zero attached hydrogens (tertiary/aromatic N) is 2. The minimum atomic E-state index is -0.222. The minimum Gasteiger partial charge on any atom is -0.394 e. The topological polar surface area (TPSA) is 64.4 Å². The van der Waals surface area contributed by atoms with Crippen LogP contribution in [-0.2, 0) is 4.74 Å². The summed E-state index contributed by atoms with van der Waals surface area (Å²) in [4.78, 5) is 15.3. The molecule has 0 saturated carbocycles. The predicted molar refractivity (Wildman–Crippen MR) is 65.2 cm³/mol. The molecule has 1 aromatic heterocycles. The zero-order valence-electron chi connectivity index (χ0n) is 9.92. The molecule has 94 valence electrons. The standard InChI is InChI=1S/C11H16N2O3S/c1-7-5-9(15)12-11(17-2)13(7)10-4-3-8(6-14)16-10/h5,8,10,14H,3-4,6H2,1-2H3. The van der Waals surface area contributed by atoms with Crippen molar-refractivity contribution in [1.82, 2.24) is 9.55 Å². The van der Waals surface area contributed by atoms with Crippen LogP contribution >= 0.6 is 11.8 Å². The maximum atomic E-state index is 11.3. The number of aliphatic hydroxyl groups is 1. The quantitative estimate of drug-likeness (QED) is 0.644. The van der Waals surface area contributed by atoms with Crippen LogP contribution < -0.4 is 5.56 Å². The van der Waals surface area contributed by atoms with Crippen LogP contribution in [0.1, 0.15) is 24.8 Å². The van der Waals surface area contributed by atoms with Crippen LogP contribution in [0.5, 0.6) is 0 Å². The fraction of sp³-hybridized carbons (Fsp3) is 0.636. The van der Waals surface area contributed by atoms with Gasteiger partial charge in [0.25, 0.3) is 5.56 Å². The normalized spacial score (nSPS) is 24.2. The number of aryl methyl sites for hydroxylation is 1. The lowest BCUT2D eigenvalue weighted by Crippen LogP contribution is -2.21. The Morgan fingerprint density at radius 2 is 2.41 bits per heavy atom. The van der Waals surface area contributed by atoms with Gasteiger partial charge in [0.15, 0.2) is 5.16 Å². The van der Waals surface area contributed by atoms with Crippen LogP contribution in [0.2, 0.25) is 0 Å². The van der Waals surface area contributed by atoms with Crippen LogP contribution in [0.4, 0.5) is 0 Å². The number of thioether (sulfide) groups is 1. The third-order valence-electron chi connectivity index (χ3n) is 2.88. The molecule has 17 heavy (non-hydrogen) atoms. The Kier molecular flexibility index (Phi) is 3.86. The van der Waals surface area contributed by atoms with Crippen LogP contribution in [-0.4, -0.2) is 33.6 Å². The smallest absolute Gasteiger partial charge is 0.273 e. The highest BCUT2D eigenvalue weighted by atomic mass is 32.2. The molecule has 2 heterocycles. The SMILES string of the molecule is CSc1nc(=O)cc(C)n1C1CCC(CO)O1. The van der Waals surface area contributed by atoms with E-state index in [2.05, 4.69) is 4.98 Å². The van der Waals surface area contributed by atoms with Gasteiger partial charge in [0.2, 0.25) is 0 Å². The summed E-state index contributed by atoms with van der Waals surface area (Å²) in [5.41, 5.74) is 0.623. The molecule has 0 aliphatic carbocycles. The lowest BCUT2D eigenvalue weighted by Gasteiger charge is -2.20. The van der Waals surface area contributed by atoms with E-state index in [9.17, 15) is 4.79 Å². The zero-order chi connectivity index (χ0) is 12.4. The van der Waals surface area contributed by atoms with Crippen molar-refractivity contribution in [3.8, 4) is 0 Å². The fourth-order valence-electron chi connectivity index (χ4n) is 2.08. The highest BCUT2D eigenvalue weighted by Crippen LogP contribution is 2.31. The molecule has 0 aromatic carbocycles. The molecule has 1 fully saturated rings. The lowest BCUT2D eigenvalue weighted by atomic mass is 10.2. The number of hydrogen-bond acceptors (Lipinski definition) is 5. The average molecular weight is 256 g/mol. The first-order chi connectivity index (χ1) is 8.15. The molecule has 0 bridgehead atoms. The molecule has 1 aliphatic rings. The molecule has 0 spiro atoms. The van der Waals surface area contributed by atoms with Gasteiger partial charge in [0.05, 0.1) is 12.7 Å². The largest absolute Gasteiger partial charge is 0.394 e. The Morgan fingerprint density at radius 1 is 1.65 bits per heavy atom. The summed E-state index contributed by atoms with van der Waals surface area (Å²) in [6.07, 6.45) is 3.33. The monoisotopic (exact) mass is 256 g/mol. The molecule has 0 amide bonds. The first kappa shape index (κ1) is 12.6. The Morgan fingerprint density at radius 3 is 3.00 bits per heavy atom. The molecule has 1 aromatic rings. The van der Waals surface area contributed by atoms with Crippen LogP contribution in [0.25, 0.3) is 0 Å². The van der Waals surface area contributed by atoms with Crippen LogP contribution in [0, 0.1) is 6.92 Å². The molecule has 1 aliphatic heterocycles. The Balaban J connectivity index is 2.35. The molecule has 1 N–H and O–H groups in total. The number of aromatic nitrogens is 2. The Bertz CT molecular complexity index is 461. The lowest BCUT2D eigenvalue weighted by molar-refractivity contribution is -0.0282. The zero-order valence-corrected chi connectivity index (χ0v) is 10.7. The summed E-state index contributed by atoms with van der Waals surface area (Å²) in [7, 11) is 0. The van der Waals surface area contributed by atoms with E-state index >= 15 is 0 Å². The molecule has 0 radical (unpaired) electrons. The number of aliphatic hydroxyl groups excluding tert-OH is 1. The summed E-state index contributed by atoms with van der Waals surface area (Å²) in [6, 6.07) is 1.51. The van der Waals surface area contributed by atoms with E-state index in [4.69, 9.17) is 9.84 Å². The van der Waals surface area contributed by atoms with Crippen molar-refractivity contribution in [2.45, 2.75) is 37.3 Å². The van der Waals surface area contributed by atoms with Crippen LogP contribution in [0.15, 0.2) is 16.0 Å². The van der Waals surface area contributed by atoms with Gasteiger partial charge >= 0.3 is 0 Å². The van der Waals surface area contributed by atoms with Gasteiger partial charge in [-0.05, 0) is 26.0 Å². The van der Waals surface area contributed by atoms with Gasteiger partial charge in [-0.1, -0.05) is 11.8 Å². The van der Waals surface area contributed by atoms with E-state index in [0.29, 0.717) is 5.16 Å². The van der Waals surface area contributed by atoms with Gasteiger partial charge < -0.3 is 9.84 Å². The van der Waals surface area contributed by atoms with E-state index in [0.717, 1.165) is 18.5 Å². The predicted octanol–water partition coefficient (Wildman–Crippen LogP) is 0.944. The van der Waals surface area contributed by atoms with Crippen molar-refractivity contribution in [2.75, 3.05) is 12.9 Å². The molecule has 1 saturated heterocycles. The average Bonchev–Trinajstić information content (AvgIpc) is 2.76. The second-order valence-corrected chi connectivity index (χ2v) is 4.84. The maximum absolute atomic E-state index is 11.3. The van der Waals surface area contributed by atoms with Crippen molar-refractivity contribution in [3.63, 3.8) is 0 Å². The third kappa shape index (κ3) is 2.53. The summed E-state index contributed by atoms with van der Waals surface area (Å²) in [5, 5.41) is 9.73. The number of hydrogen-bond donors (Lipinski definition) is 1. The van der Waals surface area contributed by atoms with Crippen molar-refractivity contribution in [3.05, 3.63) is 22.1 Å². The van der Waals surface area contributed by atoms with E-state index in [1.165, 1.54) is 17.8 Å². The first-order valence-electron chi connectivity index (χ1n) is 5.56. The Labute approximate surface area is 104 Å². The summed E-state index contributed by atoms with van der Waals surface area (Å²) < 4.78 is 7.65. The molecular weight excluding hydrogens is 240 g/mol. The van der Waals surface area contributed by atoms with E-state index < -0.39 is 0 Å². The van der Waals surface area contributed by atoms with E-state index in [1.54, 1.807) is 0 Å². The minimum absolute atomic E-state index is 0.0395. The van der Waals surface area contributed by atoms with Gasteiger partial charge in [-0.25, -0.2) is 0 Å². The second-order valence-electron chi connectivity index (χ2n) is 4.07. The van der Waals surface area contributed by atoms with Crippen molar-refractivity contribution in [2.24, 2.45) is 0 Å². The van der Waals surface area contributed by atoms with Gasteiger partial charge in [0, 0.05) is 11.8 Å². The van der Waals surface area contributed by atoms with Crippen molar-refractivity contribution < 1.29 is 9.84 Å². The van der Waals surface area contributed by atoms with Gasteiger partial charge in [-0.15, -0.1) is 0 Å². The highest BCUT2D eigenvalue weighted by molar-refractivity contribution is 7.98. The fourth-order valence-corrected chi connectivity index (χ4v) is 2.72. The number of ether oxygens (including phenoxy) is 1. The first-order valence-corrected chi connectivity index (χ1v) is 6.78. The molecular formula is C11H16N2O3S. The molecule has 5 nitrogen and oxygen atoms in total. The summed E-state index contributed by atoms with van der Waals surface area (Å²) >= 11 is 1.43. The third-order valence-corrected chi connectivity index (χ3v) is 3.54. The number of rotatable bonds is 3. The molecule has 2 rings (SSSR count). The highest BCUT2D eigenvalue weighted by Gasteiger charge is 2.28. The maximum Gasteiger partial charge on any atom is 0.273 e. The van der Waals surface area contributed by atoms with E-state index in [-0.39, 0.29) is 24.5 Å². The second kappa shape index (κ2) is 5.20. The summed E-state index contributed by atoms with van der Waals surface area (Å²) in [6.45, 7) is 1.91. The van der Waals surface area contributed by atoms with Gasteiger partial charge in [-0.3, -0.25) is 9.36 Å². The molecule has 6 heteroatoms. The van der Waals surface area contributed by atoms with Crippen molar-refractivity contribution in [1.29, 1.82) is 0 Å². The molecule has 2 unspecified atom stereocenters. The van der Waals surface area contributed by atoms with Crippen LogP contribution in [0.3, 0.4) is 0 Å². The van der Waals surface area contributed by atoms with E-state index in [1.807, 2.05) is 17.7 Å².